The molecule has 3 rings (SSSR count). The summed E-state index contributed by atoms with van der Waals surface area (Å²) in [4.78, 5) is 72.4. The first-order valence-electron chi connectivity index (χ1n) is 13.1. The molecule has 9 N–H and O–H groups in total. The molecule has 0 radical (unpaired) electrons. The van der Waals surface area contributed by atoms with E-state index >= 15 is 0 Å². The van der Waals surface area contributed by atoms with E-state index in [1.807, 2.05) is 24.3 Å². The highest BCUT2D eigenvalue weighted by molar-refractivity contribution is 5.96. The Kier molecular flexibility index (Phi) is 10.6. The molecule has 41 heavy (non-hydrogen) atoms. The molecule has 14 heteroatoms. The molecule has 0 aliphatic rings. The van der Waals surface area contributed by atoms with Crippen molar-refractivity contribution < 1.29 is 34.2 Å². The third kappa shape index (κ3) is 8.38. The maximum absolute atomic E-state index is 13.3. The summed E-state index contributed by atoms with van der Waals surface area (Å²) in [5.74, 6) is -5.61. The Bertz CT molecular complexity index is 1370. The van der Waals surface area contributed by atoms with Crippen molar-refractivity contribution >= 4 is 40.6 Å². The van der Waals surface area contributed by atoms with Crippen LogP contribution in [0.5, 0.6) is 0 Å². The zero-order valence-electron chi connectivity index (χ0n) is 22.7. The standard InChI is InChI=1S/C27H35N7O7/c1-3-14(2)23(27(40)41)34-26(39)21(10-22(35)36)33-25(38)20(9-16-12-29-13-31-16)32-24(37)18(28)8-15-11-30-19-7-5-4-6-17(15)19/h4-7,11-14,18,20-21,23,30H,3,8-10,28H2,1-2H3,(H,29,31)(H,32,37)(H,33,38)(H,34,39)(H,35,36)(H,40,41). The second kappa shape index (κ2) is 14.1. The van der Waals surface area contributed by atoms with Crippen LogP contribution in [0, 0.1) is 5.92 Å². The molecule has 0 bridgehead atoms. The fraction of sp³-hybridized carbons (Fsp3) is 0.407. The van der Waals surface area contributed by atoms with Crippen LogP contribution in [0.2, 0.25) is 0 Å². The summed E-state index contributed by atoms with van der Waals surface area (Å²) < 4.78 is 0. The maximum Gasteiger partial charge on any atom is 0.326 e. The number of para-hydroxylation sites is 1. The van der Waals surface area contributed by atoms with Gasteiger partial charge in [0.05, 0.1) is 18.8 Å². The van der Waals surface area contributed by atoms with Crippen molar-refractivity contribution in [3.8, 4) is 0 Å². The number of rotatable bonds is 15. The molecule has 0 saturated carbocycles. The Morgan fingerprint density at radius 2 is 1.63 bits per heavy atom. The van der Waals surface area contributed by atoms with E-state index in [4.69, 9.17) is 5.73 Å². The number of aromatic nitrogens is 3. The van der Waals surface area contributed by atoms with Crippen LogP contribution in [-0.4, -0.2) is 79.0 Å². The first kappa shape index (κ1) is 30.8. The molecule has 0 saturated heterocycles. The number of aliphatic carboxylic acids is 2. The minimum absolute atomic E-state index is 0.0661. The van der Waals surface area contributed by atoms with Gasteiger partial charge in [-0.2, -0.15) is 0 Å². The van der Waals surface area contributed by atoms with Gasteiger partial charge in [0.15, 0.2) is 0 Å². The van der Waals surface area contributed by atoms with Crippen molar-refractivity contribution in [1.82, 2.24) is 30.9 Å². The summed E-state index contributed by atoms with van der Waals surface area (Å²) in [7, 11) is 0. The average Bonchev–Trinajstić information content (AvgIpc) is 3.60. The average molecular weight is 570 g/mol. The lowest BCUT2D eigenvalue weighted by molar-refractivity contribution is -0.144. The second-order valence-electron chi connectivity index (χ2n) is 9.88. The maximum atomic E-state index is 13.3. The minimum Gasteiger partial charge on any atom is -0.481 e. The molecule has 5 atom stereocenters. The number of carboxylic acids is 2. The van der Waals surface area contributed by atoms with Crippen molar-refractivity contribution in [2.75, 3.05) is 0 Å². The molecule has 2 aromatic heterocycles. The van der Waals surface area contributed by atoms with Gasteiger partial charge in [-0.05, 0) is 24.0 Å². The highest BCUT2D eigenvalue weighted by Crippen LogP contribution is 2.19. The second-order valence-corrected chi connectivity index (χ2v) is 9.88. The van der Waals surface area contributed by atoms with Gasteiger partial charge in [-0.15, -0.1) is 0 Å². The summed E-state index contributed by atoms with van der Waals surface area (Å²) >= 11 is 0. The van der Waals surface area contributed by atoms with Crippen LogP contribution in [0.4, 0.5) is 0 Å². The molecule has 3 amide bonds. The van der Waals surface area contributed by atoms with E-state index in [1.54, 1.807) is 20.0 Å². The summed E-state index contributed by atoms with van der Waals surface area (Å²) in [5.41, 5.74) is 8.36. The number of hydrogen-bond donors (Lipinski definition) is 8. The number of imidazole rings is 1. The van der Waals surface area contributed by atoms with E-state index in [-0.39, 0.29) is 12.8 Å². The number of nitrogens with one attached hydrogen (secondary N) is 5. The van der Waals surface area contributed by atoms with E-state index in [9.17, 15) is 34.2 Å². The van der Waals surface area contributed by atoms with E-state index in [2.05, 4.69) is 30.9 Å². The first-order chi connectivity index (χ1) is 19.5. The van der Waals surface area contributed by atoms with Crippen LogP contribution in [0.1, 0.15) is 37.9 Å². The smallest absolute Gasteiger partial charge is 0.326 e. The van der Waals surface area contributed by atoms with E-state index in [0.29, 0.717) is 12.1 Å². The minimum atomic E-state index is -1.60. The lowest BCUT2D eigenvalue weighted by atomic mass is 9.98. The van der Waals surface area contributed by atoms with E-state index in [0.717, 1.165) is 16.5 Å². The van der Waals surface area contributed by atoms with Crippen molar-refractivity contribution in [2.24, 2.45) is 11.7 Å². The predicted octanol–water partition coefficient (Wildman–Crippen LogP) is 0.0633. The summed E-state index contributed by atoms with van der Waals surface area (Å²) in [5, 5.41) is 27.0. The fourth-order valence-electron chi connectivity index (χ4n) is 4.33. The van der Waals surface area contributed by atoms with Gasteiger partial charge >= 0.3 is 11.9 Å². The molecule has 5 unspecified atom stereocenters. The van der Waals surface area contributed by atoms with Crippen LogP contribution in [0.25, 0.3) is 10.9 Å². The SMILES string of the molecule is CCC(C)C(NC(=O)C(CC(=O)O)NC(=O)C(Cc1cnc[nH]1)NC(=O)C(N)Cc1c[nH]c2ccccc12)C(=O)O. The first-order valence-corrected chi connectivity index (χ1v) is 13.1. The number of nitrogens with zero attached hydrogens (tertiary/aromatic N) is 1. The number of carbonyl (C=O) groups excluding carboxylic acids is 3. The van der Waals surface area contributed by atoms with Crippen LogP contribution in [0.15, 0.2) is 43.0 Å². The quantitative estimate of drug-likeness (QED) is 0.123. The number of nitrogens with two attached hydrogens (primary N) is 1. The third-order valence-corrected chi connectivity index (χ3v) is 6.85. The molecule has 0 spiro atoms. The van der Waals surface area contributed by atoms with E-state index in [1.165, 1.54) is 12.5 Å². The molecule has 1 aromatic carbocycles. The van der Waals surface area contributed by atoms with Gasteiger partial charge in [-0.1, -0.05) is 38.5 Å². The van der Waals surface area contributed by atoms with Gasteiger partial charge in [0.25, 0.3) is 0 Å². The summed E-state index contributed by atoms with van der Waals surface area (Å²) in [6.07, 6.45) is 4.32. The molecule has 0 fully saturated rings. The number of hydrogen-bond acceptors (Lipinski definition) is 7. The molecule has 0 aliphatic heterocycles. The highest BCUT2D eigenvalue weighted by atomic mass is 16.4. The molecule has 3 aromatic rings. The number of aromatic amines is 2. The van der Waals surface area contributed by atoms with E-state index < -0.39 is 66.2 Å². The molecule has 220 valence electrons. The van der Waals surface area contributed by atoms with Gasteiger partial charge < -0.3 is 41.9 Å². The fourth-order valence-corrected chi connectivity index (χ4v) is 4.33. The number of carboxylic acid groups (broad SMARTS) is 2. The summed E-state index contributed by atoms with van der Waals surface area (Å²) in [6.45, 7) is 3.37. The number of fused-ring (bicyclic) bond motifs is 1. The normalized spacial score (nSPS) is 14.8. The van der Waals surface area contributed by atoms with Gasteiger partial charge in [0.1, 0.15) is 18.1 Å². The zero-order valence-corrected chi connectivity index (χ0v) is 22.7. The highest BCUT2D eigenvalue weighted by Gasteiger charge is 2.33. The zero-order chi connectivity index (χ0) is 30.1. The Labute approximate surface area is 235 Å². The number of H-pyrrole nitrogens is 2. The van der Waals surface area contributed by atoms with Crippen molar-refractivity contribution in [3.63, 3.8) is 0 Å². The largest absolute Gasteiger partial charge is 0.481 e. The van der Waals surface area contributed by atoms with Crippen molar-refractivity contribution in [3.05, 3.63) is 54.2 Å². The number of carbonyl (C=O) groups is 5. The Morgan fingerprint density at radius 1 is 0.951 bits per heavy atom. The van der Waals surface area contributed by atoms with Gasteiger partial charge in [-0.3, -0.25) is 19.2 Å². The predicted molar refractivity (Wildman–Crippen MR) is 147 cm³/mol. The third-order valence-electron chi connectivity index (χ3n) is 6.85. The molecular formula is C27H35N7O7. The monoisotopic (exact) mass is 569 g/mol. The number of benzene rings is 1. The Hall–Kier alpha value is -4.72. The Morgan fingerprint density at radius 3 is 2.27 bits per heavy atom. The van der Waals surface area contributed by atoms with Gasteiger partial charge in [0.2, 0.25) is 17.7 Å². The van der Waals surface area contributed by atoms with Crippen molar-refractivity contribution in [2.45, 2.75) is 63.7 Å². The van der Waals surface area contributed by atoms with Gasteiger partial charge in [-0.25, -0.2) is 9.78 Å². The summed E-state index contributed by atoms with van der Waals surface area (Å²) in [6, 6.07) is 2.34. The van der Waals surface area contributed by atoms with Gasteiger partial charge in [0, 0.05) is 35.4 Å². The van der Waals surface area contributed by atoms with Crippen LogP contribution in [-0.2, 0) is 36.8 Å². The van der Waals surface area contributed by atoms with Crippen LogP contribution in [0.3, 0.4) is 0 Å². The topological polar surface area (TPSA) is 232 Å². The molecule has 0 aliphatic carbocycles. The van der Waals surface area contributed by atoms with Crippen molar-refractivity contribution in [1.29, 1.82) is 0 Å². The molecule has 14 nitrogen and oxygen atoms in total. The lowest BCUT2D eigenvalue weighted by Crippen LogP contribution is -2.58. The Balaban J connectivity index is 1.76. The molecular weight excluding hydrogens is 534 g/mol. The number of amides is 3. The van der Waals surface area contributed by atoms with Crippen LogP contribution >= 0.6 is 0 Å². The lowest BCUT2D eigenvalue weighted by Gasteiger charge is -2.26. The molecule has 2 heterocycles. The van der Waals surface area contributed by atoms with Crippen LogP contribution < -0.4 is 21.7 Å².